The molecule has 2 rings (SSSR count). The molecule has 1 atom stereocenters. The molecule has 22 heavy (non-hydrogen) atoms. The number of hydrogen-bond donors (Lipinski definition) is 1. The number of nitrogens with zero attached hydrogens (tertiary/aromatic N) is 1. The lowest BCUT2D eigenvalue weighted by Gasteiger charge is -2.33. The van der Waals surface area contributed by atoms with Crippen LogP contribution in [-0.2, 0) is 9.53 Å². The first-order valence-corrected chi connectivity index (χ1v) is 7.76. The van der Waals surface area contributed by atoms with Gasteiger partial charge in [-0.05, 0) is 50.8 Å². The third-order valence-electron chi connectivity index (χ3n) is 4.29. The SMILES string of the molecule is COC(=O)c1cccc(NCC(=O)N2CCCCC2C)c1C. The number of hydrogen-bond acceptors (Lipinski definition) is 4. The van der Waals surface area contributed by atoms with Gasteiger partial charge in [0.1, 0.15) is 0 Å². The summed E-state index contributed by atoms with van der Waals surface area (Å²) in [6.07, 6.45) is 3.34. The molecule has 1 aromatic rings. The quantitative estimate of drug-likeness (QED) is 0.869. The van der Waals surface area contributed by atoms with E-state index in [1.54, 1.807) is 12.1 Å². The molecular formula is C17H24N2O3. The fourth-order valence-corrected chi connectivity index (χ4v) is 2.90. The summed E-state index contributed by atoms with van der Waals surface area (Å²) in [6, 6.07) is 5.69. The summed E-state index contributed by atoms with van der Waals surface area (Å²) >= 11 is 0. The lowest BCUT2D eigenvalue weighted by atomic mass is 10.0. The number of nitrogens with one attached hydrogen (secondary N) is 1. The molecule has 0 bridgehead atoms. The number of piperidine rings is 1. The fraction of sp³-hybridized carbons (Fsp3) is 0.529. The number of rotatable bonds is 4. The molecule has 0 aromatic heterocycles. The van der Waals surface area contributed by atoms with E-state index in [-0.39, 0.29) is 18.4 Å². The van der Waals surface area contributed by atoms with Crippen LogP contribution in [0.2, 0.25) is 0 Å². The number of esters is 1. The lowest BCUT2D eigenvalue weighted by Crippen LogP contribution is -2.44. The summed E-state index contributed by atoms with van der Waals surface area (Å²) in [7, 11) is 1.36. The van der Waals surface area contributed by atoms with E-state index in [0.29, 0.717) is 11.6 Å². The van der Waals surface area contributed by atoms with Gasteiger partial charge < -0.3 is 15.0 Å². The Morgan fingerprint density at radius 2 is 2.14 bits per heavy atom. The number of carbonyl (C=O) groups excluding carboxylic acids is 2. The van der Waals surface area contributed by atoms with Gasteiger partial charge in [0.15, 0.2) is 0 Å². The van der Waals surface area contributed by atoms with Gasteiger partial charge in [-0.3, -0.25) is 4.79 Å². The zero-order valence-electron chi connectivity index (χ0n) is 13.5. The minimum absolute atomic E-state index is 0.107. The summed E-state index contributed by atoms with van der Waals surface area (Å²) in [5.41, 5.74) is 2.11. The predicted molar refractivity (Wildman–Crippen MR) is 86.0 cm³/mol. The lowest BCUT2D eigenvalue weighted by molar-refractivity contribution is -0.132. The highest BCUT2D eigenvalue weighted by Crippen LogP contribution is 2.20. The molecule has 1 aliphatic rings. The highest BCUT2D eigenvalue weighted by atomic mass is 16.5. The van der Waals surface area contributed by atoms with Crippen molar-refractivity contribution in [3.05, 3.63) is 29.3 Å². The van der Waals surface area contributed by atoms with E-state index in [1.807, 2.05) is 17.9 Å². The third kappa shape index (κ3) is 3.59. The van der Waals surface area contributed by atoms with Gasteiger partial charge in [0.05, 0.1) is 19.2 Å². The molecule has 0 saturated carbocycles. The second kappa shape index (κ2) is 7.29. The van der Waals surface area contributed by atoms with Crippen LogP contribution in [-0.4, -0.2) is 43.0 Å². The van der Waals surface area contributed by atoms with E-state index in [9.17, 15) is 9.59 Å². The number of amides is 1. The Labute approximate surface area is 131 Å². The Morgan fingerprint density at radius 1 is 1.36 bits per heavy atom. The third-order valence-corrected chi connectivity index (χ3v) is 4.29. The van der Waals surface area contributed by atoms with Gasteiger partial charge in [-0.15, -0.1) is 0 Å². The van der Waals surface area contributed by atoms with Crippen molar-refractivity contribution in [2.75, 3.05) is 25.5 Å². The minimum Gasteiger partial charge on any atom is -0.465 e. The largest absolute Gasteiger partial charge is 0.465 e. The smallest absolute Gasteiger partial charge is 0.338 e. The maximum absolute atomic E-state index is 12.3. The van der Waals surface area contributed by atoms with Gasteiger partial charge in [-0.1, -0.05) is 6.07 Å². The molecule has 1 fully saturated rings. The van der Waals surface area contributed by atoms with Crippen LogP contribution in [0.3, 0.4) is 0 Å². The Morgan fingerprint density at radius 3 is 2.82 bits per heavy atom. The molecule has 1 aliphatic heterocycles. The Bertz CT molecular complexity index is 557. The first-order chi connectivity index (χ1) is 10.5. The molecule has 1 aromatic carbocycles. The van der Waals surface area contributed by atoms with Crippen molar-refractivity contribution in [1.29, 1.82) is 0 Å². The number of anilines is 1. The van der Waals surface area contributed by atoms with Crippen LogP contribution in [0.5, 0.6) is 0 Å². The zero-order valence-corrected chi connectivity index (χ0v) is 13.5. The number of benzene rings is 1. The topological polar surface area (TPSA) is 58.6 Å². The highest BCUT2D eigenvalue weighted by Gasteiger charge is 2.23. The van der Waals surface area contributed by atoms with Crippen LogP contribution in [0.15, 0.2) is 18.2 Å². The summed E-state index contributed by atoms with van der Waals surface area (Å²) in [5, 5.41) is 3.15. The first kappa shape index (κ1) is 16.3. The van der Waals surface area contributed by atoms with E-state index in [2.05, 4.69) is 12.2 Å². The molecule has 1 amide bonds. The zero-order chi connectivity index (χ0) is 16.1. The molecule has 1 saturated heterocycles. The van der Waals surface area contributed by atoms with Gasteiger partial charge in [0, 0.05) is 18.3 Å². The molecule has 0 aliphatic carbocycles. The monoisotopic (exact) mass is 304 g/mol. The molecular weight excluding hydrogens is 280 g/mol. The van der Waals surface area contributed by atoms with Crippen molar-refractivity contribution in [2.24, 2.45) is 0 Å². The van der Waals surface area contributed by atoms with Crippen molar-refractivity contribution in [3.63, 3.8) is 0 Å². The fourth-order valence-electron chi connectivity index (χ4n) is 2.90. The first-order valence-electron chi connectivity index (χ1n) is 7.76. The maximum atomic E-state index is 12.3. The summed E-state index contributed by atoms with van der Waals surface area (Å²) in [4.78, 5) is 26.0. The van der Waals surface area contributed by atoms with E-state index < -0.39 is 0 Å². The standard InChI is InChI=1S/C17H24N2O3/c1-12-7-4-5-10-19(12)16(20)11-18-15-9-6-8-14(13(15)2)17(21)22-3/h6,8-9,12,18H,4-5,7,10-11H2,1-3H3. The van der Waals surface area contributed by atoms with Gasteiger partial charge in [-0.25, -0.2) is 4.79 Å². The minimum atomic E-state index is -0.364. The summed E-state index contributed by atoms with van der Waals surface area (Å²) in [5.74, 6) is -0.257. The normalized spacial score (nSPS) is 18.0. The Hall–Kier alpha value is -2.04. The number of methoxy groups -OCH3 is 1. The average Bonchev–Trinajstić information content (AvgIpc) is 2.53. The van der Waals surface area contributed by atoms with Crippen LogP contribution in [0.25, 0.3) is 0 Å². The van der Waals surface area contributed by atoms with Crippen LogP contribution < -0.4 is 5.32 Å². The molecule has 0 spiro atoms. The number of carbonyl (C=O) groups is 2. The van der Waals surface area contributed by atoms with E-state index in [0.717, 1.165) is 30.6 Å². The second-order valence-corrected chi connectivity index (χ2v) is 5.76. The van der Waals surface area contributed by atoms with Crippen molar-refractivity contribution in [1.82, 2.24) is 4.90 Å². The molecule has 0 radical (unpaired) electrons. The number of likely N-dealkylation sites (tertiary alicyclic amines) is 1. The second-order valence-electron chi connectivity index (χ2n) is 5.76. The van der Waals surface area contributed by atoms with Gasteiger partial charge in [0.25, 0.3) is 0 Å². The predicted octanol–water partition coefficient (Wildman–Crippen LogP) is 2.59. The van der Waals surface area contributed by atoms with E-state index >= 15 is 0 Å². The van der Waals surface area contributed by atoms with Gasteiger partial charge >= 0.3 is 5.97 Å². The number of ether oxygens (including phenoxy) is 1. The van der Waals surface area contributed by atoms with E-state index in [4.69, 9.17) is 4.74 Å². The summed E-state index contributed by atoms with van der Waals surface area (Å²) in [6.45, 7) is 5.03. The van der Waals surface area contributed by atoms with Gasteiger partial charge in [-0.2, -0.15) is 0 Å². The van der Waals surface area contributed by atoms with Crippen molar-refractivity contribution in [2.45, 2.75) is 39.2 Å². The Balaban J connectivity index is 2.02. The Kier molecular flexibility index (Phi) is 5.41. The maximum Gasteiger partial charge on any atom is 0.338 e. The van der Waals surface area contributed by atoms with Crippen LogP contribution in [0, 0.1) is 6.92 Å². The average molecular weight is 304 g/mol. The van der Waals surface area contributed by atoms with E-state index in [1.165, 1.54) is 13.5 Å². The summed E-state index contributed by atoms with van der Waals surface area (Å²) < 4.78 is 4.77. The van der Waals surface area contributed by atoms with Crippen molar-refractivity contribution < 1.29 is 14.3 Å². The molecule has 5 nitrogen and oxygen atoms in total. The molecule has 1 N–H and O–H groups in total. The molecule has 5 heteroatoms. The van der Waals surface area contributed by atoms with Crippen LogP contribution in [0.4, 0.5) is 5.69 Å². The molecule has 1 heterocycles. The molecule has 120 valence electrons. The van der Waals surface area contributed by atoms with Gasteiger partial charge in [0.2, 0.25) is 5.91 Å². The molecule has 1 unspecified atom stereocenters. The van der Waals surface area contributed by atoms with Crippen molar-refractivity contribution in [3.8, 4) is 0 Å². The van der Waals surface area contributed by atoms with Crippen LogP contribution >= 0.6 is 0 Å². The highest BCUT2D eigenvalue weighted by molar-refractivity contribution is 5.93. The van der Waals surface area contributed by atoms with Crippen molar-refractivity contribution >= 4 is 17.6 Å². The van der Waals surface area contributed by atoms with Crippen LogP contribution in [0.1, 0.15) is 42.1 Å².